The van der Waals surface area contributed by atoms with Crippen LogP contribution in [-0.2, 0) is 4.74 Å². The van der Waals surface area contributed by atoms with Crippen molar-refractivity contribution < 1.29 is 9.84 Å². The van der Waals surface area contributed by atoms with E-state index in [0.29, 0.717) is 6.10 Å². The predicted octanol–water partition coefficient (Wildman–Crippen LogP) is 1.65. The maximum absolute atomic E-state index is 8.80. The number of likely N-dealkylation sites (N-methyl/N-ethyl adjacent to an activating group) is 1. The largest absolute Gasteiger partial charge is 0.396 e. The van der Waals surface area contributed by atoms with Gasteiger partial charge in [-0.05, 0) is 39.7 Å². The Morgan fingerprint density at radius 1 is 1.47 bits per heavy atom. The molecule has 90 valence electrons. The monoisotopic (exact) mass is 215 g/mol. The molecule has 0 amide bonds. The van der Waals surface area contributed by atoms with Crippen molar-refractivity contribution in [3.8, 4) is 0 Å². The Kier molecular flexibility index (Phi) is 5.03. The normalized spacial score (nSPS) is 25.0. The minimum Gasteiger partial charge on any atom is -0.396 e. The minimum absolute atomic E-state index is 0.0705. The minimum atomic E-state index is 0.0705. The lowest BCUT2D eigenvalue weighted by molar-refractivity contribution is -0.0285. The third-order valence-corrected chi connectivity index (χ3v) is 3.10. The molecule has 0 aromatic carbocycles. The summed E-state index contributed by atoms with van der Waals surface area (Å²) in [6, 6.07) is 0. The van der Waals surface area contributed by atoms with Crippen LogP contribution in [0.5, 0.6) is 0 Å². The van der Waals surface area contributed by atoms with E-state index < -0.39 is 0 Å². The summed E-state index contributed by atoms with van der Waals surface area (Å²) in [6.07, 6.45) is 3.58. The van der Waals surface area contributed by atoms with E-state index in [1.807, 2.05) is 0 Å². The second-order valence-corrected chi connectivity index (χ2v) is 5.01. The molecule has 3 heteroatoms. The molecule has 0 saturated carbocycles. The van der Waals surface area contributed by atoms with Gasteiger partial charge < -0.3 is 14.7 Å². The van der Waals surface area contributed by atoms with E-state index in [1.165, 1.54) is 6.42 Å². The lowest BCUT2D eigenvalue weighted by Gasteiger charge is -2.25. The Balaban J connectivity index is 2.27. The van der Waals surface area contributed by atoms with Crippen LogP contribution in [0.25, 0.3) is 0 Å². The third-order valence-electron chi connectivity index (χ3n) is 3.10. The van der Waals surface area contributed by atoms with Gasteiger partial charge in [0, 0.05) is 19.7 Å². The van der Waals surface area contributed by atoms with Crippen LogP contribution >= 0.6 is 0 Å². The SMILES string of the molecule is CCN(CCCO)CC1CCC(C)(C)O1. The van der Waals surface area contributed by atoms with Crippen LogP contribution in [0.1, 0.15) is 40.0 Å². The van der Waals surface area contributed by atoms with Crippen LogP contribution in [0.4, 0.5) is 0 Å². The van der Waals surface area contributed by atoms with E-state index in [4.69, 9.17) is 9.84 Å². The van der Waals surface area contributed by atoms with Crippen LogP contribution in [0.3, 0.4) is 0 Å². The van der Waals surface area contributed by atoms with E-state index in [2.05, 4.69) is 25.7 Å². The van der Waals surface area contributed by atoms with Gasteiger partial charge in [-0.25, -0.2) is 0 Å². The average molecular weight is 215 g/mol. The van der Waals surface area contributed by atoms with Crippen molar-refractivity contribution in [3.63, 3.8) is 0 Å². The van der Waals surface area contributed by atoms with Crippen molar-refractivity contribution in [1.82, 2.24) is 4.90 Å². The number of aliphatic hydroxyl groups excluding tert-OH is 1. The summed E-state index contributed by atoms with van der Waals surface area (Å²) in [4.78, 5) is 2.36. The van der Waals surface area contributed by atoms with E-state index in [-0.39, 0.29) is 12.2 Å². The van der Waals surface area contributed by atoms with Gasteiger partial charge in [-0.2, -0.15) is 0 Å². The first-order valence-corrected chi connectivity index (χ1v) is 6.08. The molecular formula is C12H25NO2. The Morgan fingerprint density at radius 3 is 2.67 bits per heavy atom. The first kappa shape index (κ1) is 12.9. The zero-order valence-corrected chi connectivity index (χ0v) is 10.3. The summed E-state index contributed by atoms with van der Waals surface area (Å²) in [7, 11) is 0. The highest BCUT2D eigenvalue weighted by Crippen LogP contribution is 2.29. The van der Waals surface area contributed by atoms with E-state index in [9.17, 15) is 0 Å². The number of aliphatic hydroxyl groups is 1. The Hall–Kier alpha value is -0.120. The van der Waals surface area contributed by atoms with Crippen molar-refractivity contribution in [3.05, 3.63) is 0 Å². The fourth-order valence-electron chi connectivity index (χ4n) is 2.17. The second kappa shape index (κ2) is 5.83. The summed E-state index contributed by atoms with van der Waals surface area (Å²) >= 11 is 0. The molecule has 1 rings (SSSR count). The van der Waals surface area contributed by atoms with Gasteiger partial charge in [0.1, 0.15) is 0 Å². The van der Waals surface area contributed by atoms with Gasteiger partial charge in [-0.15, -0.1) is 0 Å². The summed E-state index contributed by atoms with van der Waals surface area (Å²) < 4.78 is 5.96. The number of hydrogen-bond acceptors (Lipinski definition) is 3. The molecule has 0 bridgehead atoms. The lowest BCUT2D eigenvalue weighted by atomic mass is 10.1. The van der Waals surface area contributed by atoms with Crippen molar-refractivity contribution in [1.29, 1.82) is 0 Å². The summed E-state index contributed by atoms with van der Waals surface area (Å²) in [5.41, 5.74) is 0.0705. The molecule has 1 N–H and O–H groups in total. The lowest BCUT2D eigenvalue weighted by Crippen LogP contribution is -2.34. The fourth-order valence-corrected chi connectivity index (χ4v) is 2.17. The summed E-state index contributed by atoms with van der Waals surface area (Å²) in [5, 5.41) is 8.80. The number of rotatable bonds is 6. The van der Waals surface area contributed by atoms with Gasteiger partial charge in [0.15, 0.2) is 0 Å². The molecule has 1 aliphatic rings. The Morgan fingerprint density at radius 2 is 2.20 bits per heavy atom. The van der Waals surface area contributed by atoms with Gasteiger partial charge in [0.2, 0.25) is 0 Å². The smallest absolute Gasteiger partial charge is 0.0710 e. The molecule has 1 saturated heterocycles. The van der Waals surface area contributed by atoms with Crippen LogP contribution in [0.15, 0.2) is 0 Å². The standard InChI is InChI=1S/C12H25NO2/c1-4-13(8-5-9-14)10-11-6-7-12(2,3)15-11/h11,14H,4-10H2,1-3H3. The molecule has 1 fully saturated rings. The number of nitrogens with zero attached hydrogens (tertiary/aromatic N) is 1. The van der Waals surface area contributed by atoms with Crippen molar-refractivity contribution >= 4 is 0 Å². The zero-order chi connectivity index (χ0) is 11.3. The van der Waals surface area contributed by atoms with Crippen molar-refractivity contribution in [2.45, 2.75) is 51.7 Å². The third kappa shape index (κ3) is 4.49. The highest BCUT2D eigenvalue weighted by Gasteiger charge is 2.32. The van der Waals surface area contributed by atoms with Gasteiger partial charge >= 0.3 is 0 Å². The maximum atomic E-state index is 8.80. The van der Waals surface area contributed by atoms with E-state index in [1.54, 1.807) is 0 Å². The molecule has 15 heavy (non-hydrogen) atoms. The summed E-state index contributed by atoms with van der Waals surface area (Å²) in [5.74, 6) is 0. The Bertz CT molecular complexity index is 182. The topological polar surface area (TPSA) is 32.7 Å². The highest BCUT2D eigenvalue weighted by atomic mass is 16.5. The quantitative estimate of drug-likeness (QED) is 0.731. The predicted molar refractivity (Wildman–Crippen MR) is 62.0 cm³/mol. The van der Waals surface area contributed by atoms with Crippen LogP contribution in [-0.4, -0.2) is 48.0 Å². The van der Waals surface area contributed by atoms with Crippen LogP contribution in [0, 0.1) is 0 Å². The fraction of sp³-hybridized carbons (Fsp3) is 1.00. The summed E-state index contributed by atoms with van der Waals surface area (Å²) in [6.45, 7) is 9.81. The molecule has 1 atom stereocenters. The van der Waals surface area contributed by atoms with E-state index in [0.717, 1.165) is 32.5 Å². The number of ether oxygens (including phenoxy) is 1. The molecular weight excluding hydrogens is 190 g/mol. The first-order valence-electron chi connectivity index (χ1n) is 6.08. The molecule has 0 aromatic heterocycles. The van der Waals surface area contributed by atoms with Crippen LogP contribution in [0.2, 0.25) is 0 Å². The molecule has 0 aliphatic carbocycles. The molecule has 3 nitrogen and oxygen atoms in total. The highest BCUT2D eigenvalue weighted by molar-refractivity contribution is 4.82. The second-order valence-electron chi connectivity index (χ2n) is 5.01. The van der Waals surface area contributed by atoms with Crippen LogP contribution < -0.4 is 0 Å². The molecule has 1 heterocycles. The molecule has 1 unspecified atom stereocenters. The van der Waals surface area contributed by atoms with Gasteiger partial charge in [-0.1, -0.05) is 6.92 Å². The zero-order valence-electron chi connectivity index (χ0n) is 10.3. The molecule has 0 aromatic rings. The van der Waals surface area contributed by atoms with Crippen molar-refractivity contribution in [2.75, 3.05) is 26.2 Å². The van der Waals surface area contributed by atoms with Gasteiger partial charge in [0.05, 0.1) is 11.7 Å². The average Bonchev–Trinajstić information content (AvgIpc) is 2.52. The molecule has 1 aliphatic heterocycles. The van der Waals surface area contributed by atoms with Gasteiger partial charge in [0.25, 0.3) is 0 Å². The number of hydrogen-bond donors (Lipinski definition) is 1. The van der Waals surface area contributed by atoms with Crippen molar-refractivity contribution in [2.24, 2.45) is 0 Å². The molecule has 0 spiro atoms. The Labute approximate surface area is 93.4 Å². The van der Waals surface area contributed by atoms with E-state index >= 15 is 0 Å². The van der Waals surface area contributed by atoms with Gasteiger partial charge in [-0.3, -0.25) is 0 Å². The maximum Gasteiger partial charge on any atom is 0.0710 e. The molecule has 0 radical (unpaired) electrons. The first-order chi connectivity index (χ1) is 7.07.